The van der Waals surface area contributed by atoms with Gasteiger partial charge in [-0.15, -0.1) is 11.3 Å². The number of thiophene rings is 1. The van der Waals surface area contributed by atoms with Gasteiger partial charge in [-0.25, -0.2) is 0 Å². The largest absolute Gasteiger partial charge is 0.314 e. The van der Waals surface area contributed by atoms with E-state index >= 15 is 0 Å². The van der Waals surface area contributed by atoms with E-state index in [4.69, 9.17) is 0 Å². The fraction of sp³-hybridized carbons (Fsp3) is 0.750. The van der Waals surface area contributed by atoms with Crippen LogP contribution in [0.15, 0.2) is 17.5 Å². The van der Waals surface area contributed by atoms with Gasteiger partial charge < -0.3 is 5.32 Å². The minimum atomic E-state index is 0.619. The predicted octanol–water partition coefficient (Wildman–Crippen LogP) is 3.88. The summed E-state index contributed by atoms with van der Waals surface area (Å²) in [4.78, 5) is 4.11. The van der Waals surface area contributed by atoms with Crippen molar-refractivity contribution in [2.24, 2.45) is 0 Å². The molecule has 2 rings (SSSR count). The number of rotatable bonds is 9. The number of hydrogen-bond donors (Lipinski definition) is 1. The molecule has 0 aliphatic heterocycles. The Labute approximate surface area is 122 Å². The molecule has 1 atom stereocenters. The lowest BCUT2D eigenvalue weighted by Crippen LogP contribution is -2.38. The molecule has 1 aliphatic carbocycles. The van der Waals surface area contributed by atoms with Crippen molar-refractivity contribution in [3.63, 3.8) is 0 Å². The van der Waals surface area contributed by atoms with Crippen molar-refractivity contribution in [2.75, 3.05) is 6.54 Å². The van der Waals surface area contributed by atoms with Gasteiger partial charge in [0.2, 0.25) is 0 Å². The van der Waals surface area contributed by atoms with Gasteiger partial charge in [-0.05, 0) is 64.4 Å². The van der Waals surface area contributed by atoms with Gasteiger partial charge in [0, 0.05) is 29.5 Å². The van der Waals surface area contributed by atoms with Crippen LogP contribution in [0, 0.1) is 0 Å². The van der Waals surface area contributed by atoms with Crippen LogP contribution < -0.4 is 5.32 Å². The maximum Gasteiger partial charge on any atom is 0.0333 e. The third-order valence-corrected chi connectivity index (χ3v) is 4.82. The normalized spacial score (nSPS) is 17.3. The van der Waals surface area contributed by atoms with E-state index in [2.05, 4.69) is 48.5 Å². The molecule has 1 aromatic rings. The van der Waals surface area contributed by atoms with Crippen molar-refractivity contribution in [1.82, 2.24) is 10.2 Å². The number of hydrogen-bond acceptors (Lipinski definition) is 3. The fourth-order valence-electron chi connectivity index (χ4n) is 2.59. The van der Waals surface area contributed by atoms with Crippen LogP contribution in [0.25, 0.3) is 0 Å². The van der Waals surface area contributed by atoms with E-state index in [0.29, 0.717) is 12.1 Å². The summed E-state index contributed by atoms with van der Waals surface area (Å²) in [5, 5.41) is 5.79. The maximum absolute atomic E-state index is 3.61. The van der Waals surface area contributed by atoms with Crippen LogP contribution >= 0.6 is 11.3 Å². The average molecular weight is 280 g/mol. The molecule has 0 amide bonds. The van der Waals surface area contributed by atoms with Crippen LogP contribution in [-0.2, 0) is 6.54 Å². The summed E-state index contributed by atoms with van der Waals surface area (Å²) in [5.74, 6) is 0. The van der Waals surface area contributed by atoms with E-state index in [1.165, 1.54) is 37.1 Å². The summed E-state index contributed by atoms with van der Waals surface area (Å²) in [6, 6.07) is 6.55. The fourth-order valence-corrected chi connectivity index (χ4v) is 3.30. The first-order valence-corrected chi connectivity index (χ1v) is 8.56. The molecule has 1 N–H and O–H groups in total. The van der Waals surface area contributed by atoms with E-state index in [1.807, 2.05) is 11.3 Å². The first kappa shape index (κ1) is 15.0. The van der Waals surface area contributed by atoms with Crippen LogP contribution in [0.3, 0.4) is 0 Å². The van der Waals surface area contributed by atoms with Gasteiger partial charge in [0.25, 0.3) is 0 Å². The smallest absolute Gasteiger partial charge is 0.0333 e. The number of nitrogens with one attached hydrogen (secondary N) is 1. The highest BCUT2D eigenvalue weighted by atomic mass is 32.1. The summed E-state index contributed by atoms with van der Waals surface area (Å²) < 4.78 is 0. The monoisotopic (exact) mass is 280 g/mol. The lowest BCUT2D eigenvalue weighted by atomic mass is 10.1. The van der Waals surface area contributed by atoms with Crippen molar-refractivity contribution >= 4 is 11.3 Å². The Bertz CT molecular complexity index is 344. The lowest BCUT2D eigenvalue weighted by Gasteiger charge is -2.32. The molecule has 0 radical (unpaired) electrons. The van der Waals surface area contributed by atoms with Gasteiger partial charge in [-0.2, -0.15) is 0 Å². The van der Waals surface area contributed by atoms with Gasteiger partial charge in [0.15, 0.2) is 0 Å². The van der Waals surface area contributed by atoms with Crippen molar-refractivity contribution < 1.29 is 0 Å². The Morgan fingerprint density at radius 2 is 2.16 bits per heavy atom. The third kappa shape index (κ3) is 5.25. The van der Waals surface area contributed by atoms with Crippen LogP contribution in [0.5, 0.6) is 0 Å². The molecule has 1 heterocycles. The second-order valence-electron chi connectivity index (χ2n) is 6.07. The van der Waals surface area contributed by atoms with Crippen LogP contribution in [0.1, 0.15) is 51.3 Å². The average Bonchev–Trinajstić information content (AvgIpc) is 3.05. The Morgan fingerprint density at radius 1 is 1.37 bits per heavy atom. The van der Waals surface area contributed by atoms with E-state index in [-0.39, 0.29) is 0 Å². The first-order chi connectivity index (χ1) is 9.16. The minimum Gasteiger partial charge on any atom is -0.314 e. The highest BCUT2D eigenvalue weighted by molar-refractivity contribution is 7.09. The first-order valence-electron chi connectivity index (χ1n) is 7.68. The van der Waals surface area contributed by atoms with E-state index < -0.39 is 0 Å². The standard InChI is InChI=1S/C16H28N2S/c1-13(2)18(12-16-7-5-11-19-16)14(3)6-4-10-17-15-8-9-15/h5,7,11,13-15,17H,4,6,8-10,12H2,1-3H3. The van der Waals surface area contributed by atoms with Crippen molar-refractivity contribution in [3.05, 3.63) is 22.4 Å². The highest BCUT2D eigenvalue weighted by Gasteiger charge is 2.21. The van der Waals surface area contributed by atoms with E-state index in [0.717, 1.165) is 12.6 Å². The van der Waals surface area contributed by atoms with Gasteiger partial charge in [0.1, 0.15) is 0 Å². The SMILES string of the molecule is CC(C)N(Cc1cccs1)C(C)CCCNC1CC1. The topological polar surface area (TPSA) is 15.3 Å². The molecule has 19 heavy (non-hydrogen) atoms. The maximum atomic E-state index is 3.61. The quantitative estimate of drug-likeness (QED) is 0.691. The van der Waals surface area contributed by atoms with E-state index in [9.17, 15) is 0 Å². The Hall–Kier alpha value is -0.380. The van der Waals surface area contributed by atoms with Gasteiger partial charge in [-0.1, -0.05) is 6.07 Å². The van der Waals surface area contributed by atoms with Crippen molar-refractivity contribution in [3.8, 4) is 0 Å². The van der Waals surface area contributed by atoms with Gasteiger partial charge >= 0.3 is 0 Å². The van der Waals surface area contributed by atoms with E-state index in [1.54, 1.807) is 0 Å². The molecule has 0 spiro atoms. The minimum absolute atomic E-state index is 0.619. The molecule has 1 aliphatic rings. The Balaban J connectivity index is 1.72. The molecule has 1 fully saturated rings. The van der Waals surface area contributed by atoms with Crippen molar-refractivity contribution in [2.45, 2.75) is 71.1 Å². The highest BCUT2D eigenvalue weighted by Crippen LogP contribution is 2.20. The molecule has 0 saturated heterocycles. The molecule has 2 nitrogen and oxygen atoms in total. The molecule has 108 valence electrons. The Kier molecular flexibility index (Phi) is 5.86. The molecule has 0 aromatic carbocycles. The van der Waals surface area contributed by atoms with Crippen LogP contribution in [0.2, 0.25) is 0 Å². The molecular formula is C16H28N2S. The lowest BCUT2D eigenvalue weighted by molar-refractivity contribution is 0.147. The van der Waals surface area contributed by atoms with Crippen LogP contribution in [0.4, 0.5) is 0 Å². The van der Waals surface area contributed by atoms with Gasteiger partial charge in [0.05, 0.1) is 0 Å². The molecule has 1 saturated carbocycles. The summed E-state index contributed by atoms with van der Waals surface area (Å²) in [5.41, 5.74) is 0. The summed E-state index contributed by atoms with van der Waals surface area (Å²) in [6.45, 7) is 9.30. The molecule has 0 bridgehead atoms. The molecule has 1 aromatic heterocycles. The Morgan fingerprint density at radius 3 is 2.74 bits per heavy atom. The zero-order chi connectivity index (χ0) is 13.7. The van der Waals surface area contributed by atoms with Gasteiger partial charge in [-0.3, -0.25) is 4.90 Å². The third-order valence-electron chi connectivity index (χ3n) is 3.96. The molecule has 3 heteroatoms. The summed E-state index contributed by atoms with van der Waals surface area (Å²) in [6.07, 6.45) is 5.38. The summed E-state index contributed by atoms with van der Waals surface area (Å²) in [7, 11) is 0. The zero-order valence-corrected chi connectivity index (χ0v) is 13.4. The van der Waals surface area contributed by atoms with Crippen LogP contribution in [-0.4, -0.2) is 29.6 Å². The predicted molar refractivity (Wildman–Crippen MR) is 84.7 cm³/mol. The van der Waals surface area contributed by atoms with Crippen molar-refractivity contribution in [1.29, 1.82) is 0 Å². The molecular weight excluding hydrogens is 252 g/mol. The summed E-state index contributed by atoms with van der Waals surface area (Å²) >= 11 is 1.87. The second-order valence-corrected chi connectivity index (χ2v) is 7.10. The molecule has 1 unspecified atom stereocenters. The number of nitrogens with zero attached hydrogens (tertiary/aromatic N) is 1. The second kappa shape index (κ2) is 7.41. The zero-order valence-electron chi connectivity index (χ0n) is 12.6.